The second-order valence-electron chi connectivity index (χ2n) is 7.62. The van der Waals surface area contributed by atoms with Crippen molar-refractivity contribution in [2.24, 2.45) is 11.8 Å². The summed E-state index contributed by atoms with van der Waals surface area (Å²) in [5, 5.41) is 2.90. The molecule has 4 heterocycles. The quantitative estimate of drug-likeness (QED) is 0.800. The number of fused-ring (bicyclic) bond motifs is 1. The molecule has 2 fully saturated rings. The fourth-order valence-corrected chi connectivity index (χ4v) is 4.19. The second-order valence-corrected chi connectivity index (χ2v) is 7.62. The van der Waals surface area contributed by atoms with Gasteiger partial charge < -0.3 is 10.1 Å². The van der Waals surface area contributed by atoms with Gasteiger partial charge in [-0.05, 0) is 31.9 Å². The fraction of sp³-hybridized carbons (Fsp3) is 0.550. The van der Waals surface area contributed by atoms with E-state index in [2.05, 4.69) is 30.2 Å². The normalized spacial score (nSPS) is 24.7. The van der Waals surface area contributed by atoms with Crippen LogP contribution in [0.25, 0.3) is 0 Å². The van der Waals surface area contributed by atoms with Crippen molar-refractivity contribution >= 4 is 5.91 Å². The van der Waals surface area contributed by atoms with E-state index < -0.39 is 0 Å². The maximum Gasteiger partial charge on any atom is 0.222 e. The van der Waals surface area contributed by atoms with Crippen LogP contribution in [0.5, 0.6) is 0 Å². The number of ether oxygens (including phenoxy) is 1. The van der Waals surface area contributed by atoms with Gasteiger partial charge in [0.05, 0.1) is 37.1 Å². The SMILES string of the molecule is Cc1cncc(CN2CC[C@@H]3[C@@H](CO[C@H]3CC(=O)NCc3ncccn3)C2)n1. The van der Waals surface area contributed by atoms with Gasteiger partial charge in [-0.3, -0.25) is 19.7 Å². The molecule has 1 amide bonds. The molecule has 3 atom stereocenters. The summed E-state index contributed by atoms with van der Waals surface area (Å²) in [5.74, 6) is 1.53. The lowest BCUT2D eigenvalue weighted by Crippen LogP contribution is -2.42. The van der Waals surface area contributed by atoms with E-state index in [1.54, 1.807) is 24.7 Å². The largest absolute Gasteiger partial charge is 0.377 e. The average Bonchev–Trinajstić information content (AvgIpc) is 3.09. The molecule has 0 spiro atoms. The Hall–Kier alpha value is -2.45. The molecule has 0 radical (unpaired) electrons. The average molecular weight is 382 g/mol. The second kappa shape index (κ2) is 8.70. The molecule has 0 aromatic carbocycles. The Balaban J connectivity index is 1.25. The molecule has 2 aromatic rings. The van der Waals surface area contributed by atoms with Crippen LogP contribution in [0.1, 0.15) is 30.1 Å². The molecular formula is C20H26N6O2. The predicted molar refractivity (Wildman–Crippen MR) is 102 cm³/mol. The van der Waals surface area contributed by atoms with E-state index in [0.29, 0.717) is 30.6 Å². The molecule has 148 valence electrons. The minimum absolute atomic E-state index is 0.00241. The van der Waals surface area contributed by atoms with E-state index in [1.807, 2.05) is 13.1 Å². The standard InChI is InChI=1S/C20H26N6O2/c1-14-8-21-9-16(25-14)12-26-6-3-17-15(11-26)13-28-18(17)7-20(27)24-10-19-22-4-2-5-23-19/h2,4-5,8-9,15,17-18H,3,6-7,10-13H2,1H3,(H,24,27)/t15-,17-,18+/m1/s1. The van der Waals surface area contributed by atoms with Gasteiger partial charge in [-0.15, -0.1) is 0 Å². The summed E-state index contributed by atoms with van der Waals surface area (Å²) >= 11 is 0. The number of piperidine rings is 1. The lowest BCUT2D eigenvalue weighted by atomic mass is 9.83. The molecule has 4 rings (SSSR count). The zero-order valence-corrected chi connectivity index (χ0v) is 16.1. The van der Waals surface area contributed by atoms with Crippen molar-refractivity contribution in [3.05, 3.63) is 48.1 Å². The van der Waals surface area contributed by atoms with Gasteiger partial charge in [-0.1, -0.05) is 0 Å². The Labute approximate surface area is 164 Å². The van der Waals surface area contributed by atoms with Crippen LogP contribution in [0.15, 0.2) is 30.9 Å². The van der Waals surface area contributed by atoms with Crippen LogP contribution >= 0.6 is 0 Å². The van der Waals surface area contributed by atoms with Crippen molar-refractivity contribution < 1.29 is 9.53 Å². The molecule has 0 unspecified atom stereocenters. The number of aromatic nitrogens is 4. The van der Waals surface area contributed by atoms with Crippen molar-refractivity contribution in [1.29, 1.82) is 0 Å². The third-order valence-electron chi connectivity index (χ3n) is 5.52. The van der Waals surface area contributed by atoms with E-state index >= 15 is 0 Å². The number of hydrogen-bond acceptors (Lipinski definition) is 7. The number of carbonyl (C=O) groups is 1. The number of nitrogens with zero attached hydrogens (tertiary/aromatic N) is 5. The molecule has 0 aliphatic carbocycles. The molecule has 2 saturated heterocycles. The Morgan fingerprint density at radius 2 is 2.18 bits per heavy atom. The van der Waals surface area contributed by atoms with Crippen LogP contribution in [-0.2, 0) is 22.6 Å². The van der Waals surface area contributed by atoms with Crippen LogP contribution in [0, 0.1) is 18.8 Å². The van der Waals surface area contributed by atoms with Crippen LogP contribution in [0.4, 0.5) is 0 Å². The van der Waals surface area contributed by atoms with Crippen LogP contribution in [-0.4, -0.2) is 56.5 Å². The van der Waals surface area contributed by atoms with Gasteiger partial charge in [0.15, 0.2) is 0 Å². The highest BCUT2D eigenvalue weighted by molar-refractivity contribution is 5.76. The molecule has 2 aromatic heterocycles. The van der Waals surface area contributed by atoms with Crippen LogP contribution in [0.2, 0.25) is 0 Å². The van der Waals surface area contributed by atoms with E-state index in [0.717, 1.165) is 44.0 Å². The minimum Gasteiger partial charge on any atom is -0.377 e. The van der Waals surface area contributed by atoms with Crippen molar-refractivity contribution in [1.82, 2.24) is 30.2 Å². The van der Waals surface area contributed by atoms with Crippen LogP contribution in [0.3, 0.4) is 0 Å². The Morgan fingerprint density at radius 1 is 1.32 bits per heavy atom. The maximum absolute atomic E-state index is 12.3. The van der Waals surface area contributed by atoms with Gasteiger partial charge in [-0.2, -0.15) is 0 Å². The van der Waals surface area contributed by atoms with Crippen molar-refractivity contribution in [3.8, 4) is 0 Å². The lowest BCUT2D eigenvalue weighted by Gasteiger charge is -2.35. The third kappa shape index (κ3) is 4.69. The predicted octanol–water partition coefficient (Wildman–Crippen LogP) is 1.12. The summed E-state index contributed by atoms with van der Waals surface area (Å²) in [6.45, 7) is 5.84. The maximum atomic E-state index is 12.3. The Bertz CT molecular complexity index is 802. The summed E-state index contributed by atoms with van der Waals surface area (Å²) in [7, 11) is 0. The van der Waals surface area contributed by atoms with Gasteiger partial charge >= 0.3 is 0 Å². The van der Waals surface area contributed by atoms with Gasteiger partial charge in [0.25, 0.3) is 0 Å². The molecule has 8 nitrogen and oxygen atoms in total. The molecule has 2 aliphatic rings. The van der Waals surface area contributed by atoms with Crippen molar-refractivity contribution in [2.45, 2.75) is 39.0 Å². The highest BCUT2D eigenvalue weighted by Crippen LogP contribution is 2.36. The van der Waals surface area contributed by atoms with E-state index in [1.165, 1.54) is 0 Å². The topological polar surface area (TPSA) is 93.1 Å². The summed E-state index contributed by atoms with van der Waals surface area (Å²) in [4.78, 5) is 31.8. The third-order valence-corrected chi connectivity index (χ3v) is 5.52. The van der Waals surface area contributed by atoms with E-state index in [-0.39, 0.29) is 12.0 Å². The highest BCUT2D eigenvalue weighted by atomic mass is 16.5. The first kappa shape index (κ1) is 18.9. The molecular weight excluding hydrogens is 356 g/mol. The molecule has 0 saturated carbocycles. The smallest absolute Gasteiger partial charge is 0.222 e. The van der Waals surface area contributed by atoms with Gasteiger partial charge in [-0.25, -0.2) is 9.97 Å². The number of nitrogens with one attached hydrogen (secondary N) is 1. The van der Waals surface area contributed by atoms with Crippen molar-refractivity contribution in [2.75, 3.05) is 19.7 Å². The number of rotatable bonds is 6. The first-order chi connectivity index (χ1) is 13.7. The van der Waals surface area contributed by atoms with Crippen LogP contribution < -0.4 is 5.32 Å². The Kier molecular flexibility index (Phi) is 5.87. The number of likely N-dealkylation sites (tertiary alicyclic amines) is 1. The van der Waals surface area contributed by atoms with Gasteiger partial charge in [0.1, 0.15) is 5.82 Å². The fourth-order valence-electron chi connectivity index (χ4n) is 4.19. The van der Waals surface area contributed by atoms with Gasteiger partial charge in [0, 0.05) is 43.8 Å². The molecule has 1 N–H and O–H groups in total. The molecule has 8 heteroatoms. The zero-order chi connectivity index (χ0) is 19.3. The monoisotopic (exact) mass is 382 g/mol. The van der Waals surface area contributed by atoms with E-state index in [9.17, 15) is 4.79 Å². The lowest BCUT2D eigenvalue weighted by molar-refractivity contribution is -0.124. The zero-order valence-electron chi connectivity index (χ0n) is 16.1. The molecule has 2 aliphatic heterocycles. The summed E-state index contributed by atoms with van der Waals surface area (Å²) in [6.07, 6.45) is 8.42. The first-order valence-corrected chi connectivity index (χ1v) is 9.81. The van der Waals surface area contributed by atoms with Crippen molar-refractivity contribution in [3.63, 3.8) is 0 Å². The summed E-state index contributed by atoms with van der Waals surface area (Å²) < 4.78 is 5.99. The number of carbonyl (C=O) groups excluding carboxylic acids is 1. The number of hydrogen-bond donors (Lipinski definition) is 1. The van der Waals surface area contributed by atoms with Gasteiger partial charge in [0.2, 0.25) is 5.91 Å². The summed E-state index contributed by atoms with van der Waals surface area (Å²) in [6, 6.07) is 1.76. The number of aryl methyl sites for hydroxylation is 1. The highest BCUT2D eigenvalue weighted by Gasteiger charge is 2.41. The van der Waals surface area contributed by atoms with E-state index in [4.69, 9.17) is 4.74 Å². The first-order valence-electron chi connectivity index (χ1n) is 9.81. The Morgan fingerprint density at radius 3 is 3.00 bits per heavy atom. The summed E-state index contributed by atoms with van der Waals surface area (Å²) in [5.41, 5.74) is 1.96. The molecule has 28 heavy (non-hydrogen) atoms. The number of amides is 1. The molecule has 0 bridgehead atoms. The minimum atomic E-state index is -0.00410.